The Kier molecular flexibility index (Phi) is 4.30. The number of nitrogens with zero attached hydrogens (tertiary/aromatic N) is 3. The van der Waals surface area contributed by atoms with Gasteiger partial charge in [-0.3, -0.25) is 4.79 Å². The van der Waals surface area contributed by atoms with E-state index in [2.05, 4.69) is 0 Å². The number of aromatic hydroxyl groups is 1. The third-order valence-electron chi connectivity index (χ3n) is 4.89. The van der Waals surface area contributed by atoms with Gasteiger partial charge in [-0.05, 0) is 42.8 Å². The summed E-state index contributed by atoms with van der Waals surface area (Å²) in [5, 5.41) is 18.4. The maximum atomic E-state index is 13.3. The van der Waals surface area contributed by atoms with Crippen LogP contribution in [0, 0.1) is 11.3 Å². The Morgan fingerprint density at radius 2 is 1.71 bits per heavy atom. The van der Waals surface area contributed by atoms with E-state index in [1.165, 1.54) is 44.3 Å². The monoisotopic (exact) mass is 389 g/mol. The van der Waals surface area contributed by atoms with Crippen molar-refractivity contribution >= 4 is 17.6 Å². The fourth-order valence-electron chi connectivity index (χ4n) is 3.12. The molecular weight excluding hydrogens is 375 g/mol. The normalized spacial score (nSPS) is 19.9. The van der Waals surface area contributed by atoms with Gasteiger partial charge in [0.05, 0.1) is 22.9 Å². The molecule has 0 unspecified atom stereocenters. The number of amides is 3. The lowest BCUT2D eigenvalue weighted by atomic mass is 9.90. The van der Waals surface area contributed by atoms with Gasteiger partial charge in [-0.1, -0.05) is 12.1 Å². The molecule has 1 fully saturated rings. The summed E-state index contributed by atoms with van der Waals surface area (Å²) in [6.45, 7) is 1.47. The van der Waals surface area contributed by atoms with E-state index < -0.39 is 34.8 Å². The van der Waals surface area contributed by atoms with Gasteiger partial charge in [0, 0.05) is 7.05 Å². The Labute approximate surface area is 158 Å². The average Bonchev–Trinajstić information content (AvgIpc) is 2.82. The SMILES string of the molecule is CN1C(=O)N(c2ccc(C#N)c(C(F)(F)F)c2)C(=O)[C@]1(C)c1ccc(O)cc1. The Hall–Kier alpha value is -3.54. The molecular formula is C19H14F3N3O3. The zero-order valence-electron chi connectivity index (χ0n) is 14.8. The van der Waals surface area contributed by atoms with Gasteiger partial charge >= 0.3 is 12.2 Å². The third-order valence-corrected chi connectivity index (χ3v) is 4.89. The van der Waals surface area contributed by atoms with Crippen LogP contribution in [0.5, 0.6) is 5.75 Å². The average molecular weight is 389 g/mol. The van der Waals surface area contributed by atoms with Gasteiger partial charge in [0.15, 0.2) is 0 Å². The van der Waals surface area contributed by atoms with Gasteiger partial charge in [0.25, 0.3) is 5.91 Å². The van der Waals surface area contributed by atoms with Crippen molar-refractivity contribution in [2.75, 3.05) is 11.9 Å². The molecule has 3 amide bonds. The van der Waals surface area contributed by atoms with Crippen molar-refractivity contribution in [3.05, 3.63) is 59.2 Å². The van der Waals surface area contributed by atoms with Crippen LogP contribution in [0.3, 0.4) is 0 Å². The number of urea groups is 1. The van der Waals surface area contributed by atoms with Crippen LogP contribution in [0.25, 0.3) is 0 Å². The number of hydrogen-bond acceptors (Lipinski definition) is 4. The highest BCUT2D eigenvalue weighted by Gasteiger charge is 2.54. The standard InChI is InChI=1S/C19H14F3N3O3/c1-18(12-4-7-14(26)8-5-12)16(27)25(17(28)24(18)2)13-6-3-11(10-23)15(9-13)19(20,21)22/h3-9,26H,1-2H3/t18-/m0/s1. The maximum Gasteiger partial charge on any atom is 0.417 e. The lowest BCUT2D eigenvalue weighted by Crippen LogP contribution is -2.42. The number of benzene rings is 2. The molecule has 1 aliphatic heterocycles. The Morgan fingerprint density at radius 1 is 1.11 bits per heavy atom. The highest BCUT2D eigenvalue weighted by atomic mass is 19.4. The molecule has 0 bridgehead atoms. The number of carbonyl (C=O) groups excluding carboxylic acids is 2. The fraction of sp³-hybridized carbons (Fsp3) is 0.211. The molecule has 1 aliphatic rings. The molecule has 1 atom stereocenters. The van der Waals surface area contributed by atoms with Crippen molar-refractivity contribution < 1.29 is 27.9 Å². The number of anilines is 1. The number of rotatable bonds is 2. The zero-order valence-corrected chi connectivity index (χ0v) is 14.8. The van der Waals surface area contributed by atoms with E-state index in [1.54, 1.807) is 0 Å². The van der Waals surface area contributed by atoms with E-state index in [9.17, 15) is 27.9 Å². The number of imide groups is 1. The van der Waals surface area contributed by atoms with E-state index in [-0.39, 0.29) is 11.4 Å². The van der Waals surface area contributed by atoms with Crippen LogP contribution in [-0.4, -0.2) is 29.0 Å². The fourth-order valence-corrected chi connectivity index (χ4v) is 3.12. The summed E-state index contributed by atoms with van der Waals surface area (Å²) in [5.41, 5.74) is -3.20. The number of carbonyl (C=O) groups is 2. The van der Waals surface area contributed by atoms with Crippen LogP contribution in [-0.2, 0) is 16.5 Å². The number of nitriles is 1. The van der Waals surface area contributed by atoms with Crippen molar-refractivity contribution in [2.24, 2.45) is 0 Å². The van der Waals surface area contributed by atoms with Gasteiger partial charge in [-0.15, -0.1) is 0 Å². The highest BCUT2D eigenvalue weighted by molar-refractivity contribution is 6.23. The number of alkyl halides is 3. The zero-order chi connectivity index (χ0) is 20.9. The summed E-state index contributed by atoms with van der Waals surface area (Å²) in [4.78, 5) is 27.6. The summed E-state index contributed by atoms with van der Waals surface area (Å²) < 4.78 is 39.8. The first kappa shape index (κ1) is 19.2. The van der Waals surface area contributed by atoms with Crippen molar-refractivity contribution in [2.45, 2.75) is 18.6 Å². The second-order valence-electron chi connectivity index (χ2n) is 6.44. The lowest BCUT2D eigenvalue weighted by molar-refractivity contribution is -0.137. The summed E-state index contributed by atoms with van der Waals surface area (Å²) in [7, 11) is 1.36. The number of phenolic OH excluding ortho intramolecular Hbond substituents is 1. The smallest absolute Gasteiger partial charge is 0.417 e. The Bertz CT molecular complexity index is 1010. The molecule has 0 radical (unpaired) electrons. The quantitative estimate of drug-likeness (QED) is 0.796. The first-order chi connectivity index (χ1) is 13.0. The number of likely N-dealkylation sites (N-methyl/N-ethyl adjacent to an activating group) is 1. The van der Waals surface area contributed by atoms with E-state index in [1.807, 2.05) is 0 Å². The molecule has 0 spiro atoms. The minimum absolute atomic E-state index is 0.0365. The minimum atomic E-state index is -4.82. The van der Waals surface area contributed by atoms with Crippen molar-refractivity contribution in [3.63, 3.8) is 0 Å². The van der Waals surface area contributed by atoms with Gasteiger partial charge in [-0.25, -0.2) is 9.69 Å². The molecule has 1 N–H and O–H groups in total. The molecule has 2 aromatic rings. The molecule has 1 heterocycles. The van der Waals surface area contributed by atoms with Crippen molar-refractivity contribution in [1.82, 2.24) is 4.90 Å². The van der Waals surface area contributed by atoms with E-state index >= 15 is 0 Å². The topological polar surface area (TPSA) is 84.6 Å². The van der Waals surface area contributed by atoms with Crippen molar-refractivity contribution in [3.8, 4) is 11.8 Å². The Morgan fingerprint density at radius 3 is 2.25 bits per heavy atom. The number of halogens is 3. The largest absolute Gasteiger partial charge is 0.508 e. The summed E-state index contributed by atoms with van der Waals surface area (Å²) in [5.74, 6) is -0.783. The van der Waals surface area contributed by atoms with Crippen LogP contribution < -0.4 is 4.90 Å². The summed E-state index contributed by atoms with van der Waals surface area (Å²) in [6, 6.07) is 8.92. The summed E-state index contributed by atoms with van der Waals surface area (Å²) >= 11 is 0. The minimum Gasteiger partial charge on any atom is -0.508 e. The molecule has 2 aromatic carbocycles. The molecule has 28 heavy (non-hydrogen) atoms. The molecule has 3 rings (SSSR count). The second kappa shape index (κ2) is 6.27. The van der Waals surface area contributed by atoms with Gasteiger partial charge in [0.2, 0.25) is 0 Å². The third kappa shape index (κ3) is 2.74. The molecule has 9 heteroatoms. The van der Waals surface area contributed by atoms with E-state index in [0.29, 0.717) is 16.5 Å². The second-order valence-corrected chi connectivity index (χ2v) is 6.44. The first-order valence-corrected chi connectivity index (χ1v) is 8.05. The molecule has 0 aliphatic carbocycles. The number of hydrogen-bond donors (Lipinski definition) is 1. The van der Waals surface area contributed by atoms with E-state index in [0.717, 1.165) is 17.0 Å². The van der Waals surface area contributed by atoms with Gasteiger partial charge in [-0.2, -0.15) is 18.4 Å². The number of phenols is 1. The maximum absolute atomic E-state index is 13.3. The highest BCUT2D eigenvalue weighted by Crippen LogP contribution is 2.41. The van der Waals surface area contributed by atoms with Gasteiger partial charge < -0.3 is 10.0 Å². The predicted molar refractivity (Wildman–Crippen MR) is 92.3 cm³/mol. The lowest BCUT2D eigenvalue weighted by Gasteiger charge is -2.28. The molecule has 144 valence electrons. The van der Waals surface area contributed by atoms with Gasteiger partial charge in [0.1, 0.15) is 11.3 Å². The first-order valence-electron chi connectivity index (χ1n) is 8.05. The molecule has 0 saturated carbocycles. The molecule has 6 nitrogen and oxygen atoms in total. The van der Waals surface area contributed by atoms with Crippen LogP contribution in [0.2, 0.25) is 0 Å². The van der Waals surface area contributed by atoms with E-state index in [4.69, 9.17) is 5.26 Å². The van der Waals surface area contributed by atoms with Crippen LogP contribution in [0.1, 0.15) is 23.6 Å². The molecule has 0 aromatic heterocycles. The van der Waals surface area contributed by atoms with Crippen molar-refractivity contribution in [1.29, 1.82) is 5.26 Å². The van der Waals surface area contributed by atoms with Crippen LogP contribution >= 0.6 is 0 Å². The predicted octanol–water partition coefficient (Wildman–Crippen LogP) is 3.60. The molecule has 1 saturated heterocycles. The summed E-state index contributed by atoms with van der Waals surface area (Å²) in [6.07, 6.45) is -4.82. The Balaban J connectivity index is 2.12. The van der Waals surface area contributed by atoms with Crippen LogP contribution in [0.4, 0.5) is 23.7 Å². The van der Waals surface area contributed by atoms with Crippen LogP contribution in [0.15, 0.2) is 42.5 Å².